The maximum Gasteiger partial charge on any atom is 0.264 e. The van der Waals surface area contributed by atoms with Crippen LogP contribution in [0.25, 0.3) is 0 Å². The van der Waals surface area contributed by atoms with Crippen LogP contribution < -0.4 is 14.4 Å². The van der Waals surface area contributed by atoms with Crippen LogP contribution in [0.5, 0.6) is 5.75 Å². The molecule has 0 bridgehead atoms. The van der Waals surface area contributed by atoms with Gasteiger partial charge in [0.05, 0.1) is 17.2 Å². The van der Waals surface area contributed by atoms with Crippen molar-refractivity contribution in [2.45, 2.75) is 76.4 Å². The first-order chi connectivity index (χ1) is 20.6. The van der Waals surface area contributed by atoms with Crippen LogP contribution in [0.15, 0.2) is 82.2 Å². The molecule has 0 saturated heterocycles. The molecule has 1 N–H and O–H groups in total. The van der Waals surface area contributed by atoms with Gasteiger partial charge in [0.2, 0.25) is 11.8 Å². The smallest absolute Gasteiger partial charge is 0.264 e. The number of amides is 2. The van der Waals surface area contributed by atoms with E-state index >= 15 is 0 Å². The fourth-order valence-electron chi connectivity index (χ4n) is 5.43. The molecular weight excluding hydrogens is 630 g/mol. The fraction of sp³-hybridized carbons (Fsp3) is 0.394. The average Bonchev–Trinajstić information content (AvgIpc) is 3.49. The van der Waals surface area contributed by atoms with Crippen molar-refractivity contribution in [3.05, 3.63) is 88.4 Å². The van der Waals surface area contributed by atoms with E-state index in [0.29, 0.717) is 24.5 Å². The molecule has 1 saturated carbocycles. The number of benzene rings is 3. The number of halogens is 1. The minimum Gasteiger partial charge on any atom is -0.494 e. The van der Waals surface area contributed by atoms with E-state index in [4.69, 9.17) is 4.74 Å². The molecule has 0 radical (unpaired) electrons. The van der Waals surface area contributed by atoms with Crippen LogP contribution in [0.2, 0.25) is 0 Å². The molecule has 0 aromatic heterocycles. The predicted molar refractivity (Wildman–Crippen MR) is 172 cm³/mol. The van der Waals surface area contributed by atoms with E-state index in [0.717, 1.165) is 45.6 Å². The number of anilines is 1. The summed E-state index contributed by atoms with van der Waals surface area (Å²) < 4.78 is 35.5. The minimum atomic E-state index is -4.15. The van der Waals surface area contributed by atoms with Gasteiger partial charge in [-0.15, -0.1) is 0 Å². The lowest BCUT2D eigenvalue weighted by molar-refractivity contribution is -0.140. The van der Waals surface area contributed by atoms with Crippen molar-refractivity contribution in [3.8, 4) is 5.75 Å². The van der Waals surface area contributed by atoms with Gasteiger partial charge in [-0.25, -0.2) is 8.42 Å². The summed E-state index contributed by atoms with van der Waals surface area (Å²) in [4.78, 5) is 29.4. The third-order valence-electron chi connectivity index (χ3n) is 7.64. The Bertz CT molecular complexity index is 1490. The maximum atomic E-state index is 14.3. The van der Waals surface area contributed by atoms with Crippen LogP contribution in [0.1, 0.15) is 57.1 Å². The number of sulfonamides is 1. The van der Waals surface area contributed by atoms with Gasteiger partial charge in [0, 0.05) is 17.1 Å². The summed E-state index contributed by atoms with van der Waals surface area (Å²) in [6.45, 7) is 5.87. The van der Waals surface area contributed by atoms with Gasteiger partial charge in [-0.3, -0.25) is 13.9 Å². The third kappa shape index (κ3) is 8.38. The summed E-state index contributed by atoms with van der Waals surface area (Å²) in [5, 5.41) is 3.14. The number of ether oxygens (including phenoxy) is 1. The van der Waals surface area contributed by atoms with Gasteiger partial charge in [0.1, 0.15) is 18.3 Å². The zero-order valence-electron chi connectivity index (χ0n) is 25.0. The zero-order valence-corrected chi connectivity index (χ0v) is 27.4. The highest BCUT2D eigenvalue weighted by molar-refractivity contribution is 9.10. The first-order valence-corrected chi connectivity index (χ1v) is 17.0. The Kier molecular flexibility index (Phi) is 11.3. The van der Waals surface area contributed by atoms with E-state index in [2.05, 4.69) is 21.2 Å². The Balaban J connectivity index is 1.71. The molecule has 0 aliphatic heterocycles. The molecule has 3 aromatic rings. The first-order valence-electron chi connectivity index (χ1n) is 14.8. The van der Waals surface area contributed by atoms with E-state index in [1.807, 2.05) is 45.0 Å². The SMILES string of the molecule is CCOc1ccc(N(CC(=O)N(Cc2cccc(C)c2)C(CC)C(=O)NC2CCCC2)S(=O)(=O)c2ccc(Br)cc2)cc1. The third-order valence-corrected chi connectivity index (χ3v) is 9.96. The topological polar surface area (TPSA) is 96.0 Å². The Morgan fingerprint density at radius 3 is 2.28 bits per heavy atom. The summed E-state index contributed by atoms with van der Waals surface area (Å²) in [7, 11) is -4.15. The highest BCUT2D eigenvalue weighted by Crippen LogP contribution is 2.28. The summed E-state index contributed by atoms with van der Waals surface area (Å²) in [5.74, 6) is -0.0856. The maximum absolute atomic E-state index is 14.3. The number of hydrogen-bond donors (Lipinski definition) is 1. The molecule has 1 unspecified atom stereocenters. The van der Waals surface area contributed by atoms with E-state index in [-0.39, 0.29) is 23.4 Å². The molecule has 8 nitrogen and oxygen atoms in total. The van der Waals surface area contributed by atoms with Crippen LogP contribution >= 0.6 is 15.9 Å². The van der Waals surface area contributed by atoms with Gasteiger partial charge in [-0.05, 0) is 87.2 Å². The van der Waals surface area contributed by atoms with Crippen molar-refractivity contribution in [1.29, 1.82) is 0 Å². The number of aryl methyl sites for hydroxylation is 1. The molecule has 10 heteroatoms. The summed E-state index contributed by atoms with van der Waals surface area (Å²) >= 11 is 3.36. The number of rotatable bonds is 13. The quantitative estimate of drug-likeness (QED) is 0.233. The molecule has 1 atom stereocenters. The van der Waals surface area contributed by atoms with Gasteiger partial charge in [-0.1, -0.05) is 65.5 Å². The zero-order chi connectivity index (χ0) is 31.0. The molecular formula is C33H40BrN3O5S. The molecule has 3 aromatic carbocycles. The number of nitrogens with one attached hydrogen (secondary N) is 1. The van der Waals surface area contributed by atoms with Crippen LogP contribution in [-0.2, 0) is 26.2 Å². The number of carbonyl (C=O) groups excluding carboxylic acids is 2. The Labute approximate surface area is 263 Å². The van der Waals surface area contributed by atoms with Crippen LogP contribution in [-0.4, -0.2) is 50.4 Å². The lowest BCUT2D eigenvalue weighted by Gasteiger charge is -2.34. The van der Waals surface area contributed by atoms with Crippen molar-refractivity contribution in [2.24, 2.45) is 0 Å². The highest BCUT2D eigenvalue weighted by Gasteiger charge is 2.34. The molecule has 2 amide bonds. The standard InChI is InChI=1S/C33H40BrN3O5S/c1-4-31(33(39)35-27-11-6-7-12-27)36(22-25-10-8-9-24(3)21-25)32(38)23-37(28-15-17-29(18-16-28)42-5-2)43(40,41)30-19-13-26(34)14-20-30/h8-10,13-21,27,31H,4-7,11-12,22-23H2,1-3H3,(H,35,39). The number of hydrogen-bond acceptors (Lipinski definition) is 5. The lowest BCUT2D eigenvalue weighted by Crippen LogP contribution is -2.53. The molecule has 43 heavy (non-hydrogen) atoms. The van der Waals surface area contributed by atoms with E-state index in [9.17, 15) is 18.0 Å². The van der Waals surface area contributed by atoms with E-state index < -0.39 is 28.5 Å². The molecule has 1 aliphatic rings. The summed E-state index contributed by atoms with van der Waals surface area (Å²) in [5.41, 5.74) is 2.21. The lowest BCUT2D eigenvalue weighted by atomic mass is 10.1. The summed E-state index contributed by atoms with van der Waals surface area (Å²) in [6, 6.07) is 20.0. The average molecular weight is 671 g/mol. The first kappa shape index (κ1) is 32.5. The Hall–Kier alpha value is -3.37. The van der Waals surface area contributed by atoms with Crippen molar-refractivity contribution >= 4 is 43.5 Å². The molecule has 1 aliphatic carbocycles. The predicted octanol–water partition coefficient (Wildman–Crippen LogP) is 6.22. The number of carbonyl (C=O) groups is 2. The number of nitrogens with zero attached hydrogens (tertiary/aromatic N) is 2. The second-order valence-corrected chi connectivity index (χ2v) is 13.6. The highest BCUT2D eigenvalue weighted by atomic mass is 79.9. The Morgan fingerprint density at radius 2 is 1.67 bits per heavy atom. The van der Waals surface area contributed by atoms with Gasteiger partial charge in [0.15, 0.2) is 0 Å². The minimum absolute atomic E-state index is 0.0497. The second kappa shape index (κ2) is 14.9. The second-order valence-electron chi connectivity index (χ2n) is 10.8. The van der Waals surface area contributed by atoms with E-state index in [1.54, 1.807) is 36.4 Å². The van der Waals surface area contributed by atoms with Gasteiger partial charge in [0.25, 0.3) is 10.0 Å². The monoisotopic (exact) mass is 669 g/mol. The Morgan fingerprint density at radius 1 is 1.00 bits per heavy atom. The van der Waals surface area contributed by atoms with Crippen molar-refractivity contribution in [2.75, 3.05) is 17.5 Å². The van der Waals surface area contributed by atoms with Gasteiger partial charge in [-0.2, -0.15) is 0 Å². The van der Waals surface area contributed by atoms with Crippen molar-refractivity contribution < 1.29 is 22.7 Å². The van der Waals surface area contributed by atoms with Crippen LogP contribution in [0, 0.1) is 6.92 Å². The normalized spacial score (nSPS) is 14.2. The molecule has 230 valence electrons. The fourth-order valence-corrected chi connectivity index (χ4v) is 7.11. The van der Waals surface area contributed by atoms with Crippen molar-refractivity contribution in [1.82, 2.24) is 10.2 Å². The molecule has 0 heterocycles. The van der Waals surface area contributed by atoms with Crippen molar-refractivity contribution in [3.63, 3.8) is 0 Å². The van der Waals surface area contributed by atoms with Crippen LogP contribution in [0.4, 0.5) is 5.69 Å². The largest absolute Gasteiger partial charge is 0.494 e. The summed E-state index contributed by atoms with van der Waals surface area (Å²) in [6.07, 6.45) is 4.37. The molecule has 4 rings (SSSR count). The van der Waals surface area contributed by atoms with Gasteiger partial charge < -0.3 is 15.0 Å². The van der Waals surface area contributed by atoms with Crippen LogP contribution in [0.3, 0.4) is 0 Å². The van der Waals surface area contributed by atoms with E-state index in [1.165, 1.54) is 17.0 Å². The molecule has 1 fully saturated rings. The molecule has 0 spiro atoms. The van der Waals surface area contributed by atoms with Gasteiger partial charge >= 0.3 is 0 Å².